The molecule has 2 N–H and O–H groups in total. The van der Waals surface area contributed by atoms with Crippen molar-refractivity contribution < 1.29 is 19.1 Å². The third-order valence-corrected chi connectivity index (χ3v) is 5.49. The lowest BCUT2D eigenvalue weighted by molar-refractivity contribution is -0.137. The first-order valence-electron chi connectivity index (χ1n) is 9.52. The Kier molecular flexibility index (Phi) is 5.68. The molecule has 1 spiro atoms. The van der Waals surface area contributed by atoms with E-state index in [1.165, 1.54) is 0 Å². The molecular weight excluding hydrogens is 346 g/mol. The highest BCUT2D eigenvalue weighted by atomic mass is 16.5. The van der Waals surface area contributed by atoms with Gasteiger partial charge in [-0.1, -0.05) is 31.9 Å². The normalized spacial score (nSPS) is 24.8. The van der Waals surface area contributed by atoms with E-state index in [1.54, 1.807) is 0 Å². The van der Waals surface area contributed by atoms with Crippen molar-refractivity contribution in [2.75, 3.05) is 19.7 Å². The predicted octanol–water partition coefficient (Wildman–Crippen LogP) is 1.99. The number of amides is 4. The van der Waals surface area contributed by atoms with E-state index in [2.05, 4.69) is 10.6 Å². The lowest BCUT2D eigenvalue weighted by Crippen LogP contribution is -2.54. The largest absolute Gasteiger partial charge is 0.492 e. The molecule has 0 radical (unpaired) electrons. The smallest absolute Gasteiger partial charge is 0.325 e. The zero-order chi connectivity index (χ0) is 19.4. The Balaban J connectivity index is 1.47. The second kappa shape index (κ2) is 7.98. The molecule has 1 heterocycles. The maximum absolute atomic E-state index is 12.8. The summed E-state index contributed by atoms with van der Waals surface area (Å²) < 4.78 is 5.58. The molecule has 3 rings (SSSR count). The minimum absolute atomic E-state index is 0.0819. The lowest BCUT2D eigenvalue weighted by atomic mass is 9.73. The number of urea groups is 1. The average Bonchev–Trinajstić information content (AvgIpc) is 2.86. The monoisotopic (exact) mass is 373 g/mol. The van der Waals surface area contributed by atoms with Crippen LogP contribution in [-0.4, -0.2) is 48.0 Å². The molecule has 1 aliphatic heterocycles. The summed E-state index contributed by atoms with van der Waals surface area (Å²) in [6.07, 6.45) is 3.52. The summed E-state index contributed by atoms with van der Waals surface area (Å²) in [6, 6.07) is 7.18. The van der Waals surface area contributed by atoms with Gasteiger partial charge in [0.2, 0.25) is 5.91 Å². The van der Waals surface area contributed by atoms with Crippen LogP contribution in [0.25, 0.3) is 0 Å². The Morgan fingerprint density at radius 3 is 2.93 bits per heavy atom. The number of rotatable bonds is 6. The van der Waals surface area contributed by atoms with Crippen molar-refractivity contribution in [3.63, 3.8) is 0 Å². The highest BCUT2D eigenvalue weighted by Crippen LogP contribution is 2.38. The summed E-state index contributed by atoms with van der Waals surface area (Å²) in [5.74, 6) is 0.183. The number of carbonyl (C=O) groups excluding carboxylic acids is 3. The number of carbonyl (C=O) groups is 3. The van der Waals surface area contributed by atoms with Crippen LogP contribution >= 0.6 is 0 Å². The third-order valence-electron chi connectivity index (χ3n) is 5.49. The van der Waals surface area contributed by atoms with Gasteiger partial charge in [-0.2, -0.15) is 0 Å². The van der Waals surface area contributed by atoms with Gasteiger partial charge in [-0.3, -0.25) is 14.5 Å². The maximum atomic E-state index is 12.8. The van der Waals surface area contributed by atoms with Crippen molar-refractivity contribution in [3.8, 4) is 5.75 Å². The summed E-state index contributed by atoms with van der Waals surface area (Å²) in [5.41, 5.74) is 0.269. The zero-order valence-electron chi connectivity index (χ0n) is 15.9. The quantitative estimate of drug-likeness (QED) is 0.590. The molecule has 7 nitrogen and oxygen atoms in total. The standard InChI is InChI=1S/C20H27N3O4/c1-14-6-5-8-16(12-14)27-11-10-21-17(24)13-23-18(25)20(22-19(23)26)9-4-3-7-15(20)2/h5-6,8,12,15H,3-4,7,9-11,13H2,1-2H3,(H,21,24)(H,22,26)/t15-,20-/m0/s1. The van der Waals surface area contributed by atoms with Gasteiger partial charge in [0.15, 0.2) is 0 Å². The third kappa shape index (κ3) is 4.07. The number of nitrogens with one attached hydrogen (secondary N) is 2. The van der Waals surface area contributed by atoms with E-state index in [4.69, 9.17) is 4.74 Å². The van der Waals surface area contributed by atoms with E-state index in [9.17, 15) is 14.4 Å². The van der Waals surface area contributed by atoms with Crippen LogP contribution in [0.1, 0.15) is 38.2 Å². The Bertz CT molecular complexity index is 736. The van der Waals surface area contributed by atoms with E-state index in [1.807, 2.05) is 38.1 Å². The second-order valence-electron chi connectivity index (χ2n) is 7.45. The van der Waals surface area contributed by atoms with Crippen LogP contribution in [0, 0.1) is 12.8 Å². The molecule has 1 aliphatic carbocycles. The fraction of sp³-hybridized carbons (Fsp3) is 0.550. The molecule has 0 unspecified atom stereocenters. The van der Waals surface area contributed by atoms with Gasteiger partial charge in [-0.05, 0) is 43.4 Å². The second-order valence-corrected chi connectivity index (χ2v) is 7.45. The Hall–Kier alpha value is -2.57. The highest BCUT2D eigenvalue weighted by molar-refractivity contribution is 6.09. The van der Waals surface area contributed by atoms with Crippen LogP contribution in [0.4, 0.5) is 4.79 Å². The number of aryl methyl sites for hydroxylation is 1. The van der Waals surface area contributed by atoms with Crippen LogP contribution in [0.2, 0.25) is 0 Å². The van der Waals surface area contributed by atoms with Gasteiger partial charge in [0.05, 0.1) is 6.54 Å². The van der Waals surface area contributed by atoms with Crippen molar-refractivity contribution >= 4 is 17.8 Å². The summed E-state index contributed by atoms with van der Waals surface area (Å²) in [7, 11) is 0. The first kappa shape index (κ1) is 19.2. The molecule has 7 heteroatoms. The van der Waals surface area contributed by atoms with Crippen LogP contribution in [0.15, 0.2) is 24.3 Å². The van der Waals surface area contributed by atoms with Gasteiger partial charge in [0.25, 0.3) is 5.91 Å². The summed E-state index contributed by atoms with van der Waals surface area (Å²) in [5, 5.41) is 5.55. The molecule has 1 saturated heterocycles. The van der Waals surface area contributed by atoms with E-state index >= 15 is 0 Å². The van der Waals surface area contributed by atoms with E-state index in [0.29, 0.717) is 19.6 Å². The summed E-state index contributed by atoms with van der Waals surface area (Å²) in [6.45, 7) is 4.33. The number of hydrogen-bond donors (Lipinski definition) is 2. The van der Waals surface area contributed by atoms with Gasteiger partial charge in [0, 0.05) is 0 Å². The molecule has 0 aromatic heterocycles. The fourth-order valence-electron chi connectivity index (χ4n) is 3.90. The number of ether oxygens (including phenoxy) is 1. The fourth-order valence-corrected chi connectivity index (χ4v) is 3.90. The minimum atomic E-state index is -0.829. The molecule has 2 aliphatic rings. The van der Waals surface area contributed by atoms with Gasteiger partial charge in [-0.15, -0.1) is 0 Å². The SMILES string of the molecule is Cc1cccc(OCCNC(=O)CN2C(=O)N[C@]3(CCCC[C@@H]3C)C2=O)c1. The average molecular weight is 373 g/mol. The van der Waals surface area contributed by atoms with Gasteiger partial charge < -0.3 is 15.4 Å². The predicted molar refractivity (Wildman–Crippen MR) is 100 cm³/mol. The Morgan fingerprint density at radius 2 is 2.19 bits per heavy atom. The molecule has 2 fully saturated rings. The van der Waals surface area contributed by atoms with E-state index < -0.39 is 11.6 Å². The van der Waals surface area contributed by atoms with E-state index in [-0.39, 0.29) is 24.3 Å². The van der Waals surface area contributed by atoms with Crippen molar-refractivity contribution in [2.24, 2.45) is 5.92 Å². The molecule has 1 aromatic rings. The first-order chi connectivity index (χ1) is 12.9. The van der Waals surface area contributed by atoms with Gasteiger partial charge in [0.1, 0.15) is 24.4 Å². The molecule has 1 saturated carbocycles. The molecule has 4 amide bonds. The van der Waals surface area contributed by atoms with Gasteiger partial charge in [-0.25, -0.2) is 4.79 Å². The molecule has 146 valence electrons. The number of nitrogens with zero attached hydrogens (tertiary/aromatic N) is 1. The molecule has 1 aromatic carbocycles. The van der Waals surface area contributed by atoms with Crippen LogP contribution in [0.5, 0.6) is 5.75 Å². The van der Waals surface area contributed by atoms with Crippen molar-refractivity contribution in [3.05, 3.63) is 29.8 Å². The van der Waals surface area contributed by atoms with Gasteiger partial charge >= 0.3 is 6.03 Å². The number of hydrogen-bond acceptors (Lipinski definition) is 4. The van der Waals surface area contributed by atoms with Crippen molar-refractivity contribution in [2.45, 2.75) is 45.1 Å². The summed E-state index contributed by atoms with van der Waals surface area (Å²) in [4.78, 5) is 38.3. The highest BCUT2D eigenvalue weighted by Gasteiger charge is 2.55. The van der Waals surface area contributed by atoms with Crippen LogP contribution in [0.3, 0.4) is 0 Å². The topological polar surface area (TPSA) is 87.7 Å². The Labute approximate surface area is 159 Å². The Morgan fingerprint density at radius 1 is 1.37 bits per heavy atom. The molecule has 0 bridgehead atoms. The zero-order valence-corrected chi connectivity index (χ0v) is 15.9. The first-order valence-corrected chi connectivity index (χ1v) is 9.52. The summed E-state index contributed by atoms with van der Waals surface area (Å²) >= 11 is 0. The minimum Gasteiger partial charge on any atom is -0.492 e. The molecular formula is C20H27N3O4. The van der Waals surface area contributed by atoms with Crippen LogP contribution < -0.4 is 15.4 Å². The van der Waals surface area contributed by atoms with E-state index in [0.717, 1.165) is 35.5 Å². The lowest BCUT2D eigenvalue weighted by Gasteiger charge is -2.36. The number of benzene rings is 1. The number of imide groups is 1. The van der Waals surface area contributed by atoms with Crippen molar-refractivity contribution in [1.82, 2.24) is 15.5 Å². The molecule has 27 heavy (non-hydrogen) atoms. The maximum Gasteiger partial charge on any atom is 0.325 e. The molecule has 2 atom stereocenters. The van der Waals surface area contributed by atoms with Crippen LogP contribution in [-0.2, 0) is 9.59 Å². The van der Waals surface area contributed by atoms with Crippen molar-refractivity contribution in [1.29, 1.82) is 0 Å².